The van der Waals surface area contributed by atoms with Gasteiger partial charge in [0.15, 0.2) is 0 Å². The lowest BCUT2D eigenvalue weighted by atomic mass is 10.2. The van der Waals surface area contributed by atoms with Gasteiger partial charge in [-0.1, -0.05) is 22.0 Å². The number of nitrogens with one attached hydrogen (secondary N) is 2. The maximum absolute atomic E-state index is 13.0. The third kappa shape index (κ3) is 2.61. The standard InChI is InChI=1S/C14H11BrFN3/c15-13-5-11(16)3-1-9(13)7-17-12-4-2-10-8-18-19-14(10)6-12/h1-6,8,17H,7H2,(H,18,19). The van der Waals surface area contributed by atoms with Crippen molar-refractivity contribution in [3.05, 3.63) is 58.4 Å². The summed E-state index contributed by atoms with van der Waals surface area (Å²) in [5, 5.41) is 11.3. The summed E-state index contributed by atoms with van der Waals surface area (Å²) in [6, 6.07) is 10.7. The second-order valence-electron chi connectivity index (χ2n) is 4.26. The van der Waals surface area contributed by atoms with Gasteiger partial charge in [0.05, 0.1) is 11.7 Å². The summed E-state index contributed by atoms with van der Waals surface area (Å²) in [5.74, 6) is -0.241. The summed E-state index contributed by atoms with van der Waals surface area (Å²) >= 11 is 3.36. The second-order valence-corrected chi connectivity index (χ2v) is 5.12. The third-order valence-corrected chi connectivity index (χ3v) is 3.68. The van der Waals surface area contributed by atoms with Crippen molar-refractivity contribution in [1.29, 1.82) is 0 Å². The van der Waals surface area contributed by atoms with Crippen LogP contribution in [0.5, 0.6) is 0 Å². The third-order valence-electron chi connectivity index (χ3n) is 2.94. The first-order chi connectivity index (χ1) is 9.22. The van der Waals surface area contributed by atoms with Gasteiger partial charge in [-0.15, -0.1) is 0 Å². The smallest absolute Gasteiger partial charge is 0.124 e. The summed E-state index contributed by atoms with van der Waals surface area (Å²) in [6.45, 7) is 0.626. The Labute approximate surface area is 118 Å². The van der Waals surface area contributed by atoms with Crippen LogP contribution in [0.25, 0.3) is 10.9 Å². The van der Waals surface area contributed by atoms with E-state index in [0.717, 1.165) is 26.6 Å². The first kappa shape index (κ1) is 12.2. The molecule has 0 fully saturated rings. The van der Waals surface area contributed by atoms with Crippen molar-refractivity contribution in [2.45, 2.75) is 6.54 Å². The molecule has 1 aromatic heterocycles. The van der Waals surface area contributed by atoms with Gasteiger partial charge >= 0.3 is 0 Å². The molecule has 0 atom stereocenters. The molecule has 0 saturated heterocycles. The van der Waals surface area contributed by atoms with E-state index in [4.69, 9.17) is 0 Å². The Bertz CT molecular complexity index is 724. The van der Waals surface area contributed by atoms with Crippen molar-refractivity contribution in [3.63, 3.8) is 0 Å². The fourth-order valence-corrected chi connectivity index (χ4v) is 2.40. The summed E-state index contributed by atoms with van der Waals surface area (Å²) in [5.41, 5.74) is 2.99. The number of benzene rings is 2. The van der Waals surface area contributed by atoms with Gasteiger partial charge in [-0.2, -0.15) is 5.10 Å². The lowest BCUT2D eigenvalue weighted by Crippen LogP contribution is -2.00. The number of aromatic nitrogens is 2. The van der Waals surface area contributed by atoms with Crippen LogP contribution in [0.15, 0.2) is 47.1 Å². The molecule has 2 aromatic carbocycles. The number of fused-ring (bicyclic) bond motifs is 1. The quantitative estimate of drug-likeness (QED) is 0.763. The van der Waals surface area contributed by atoms with E-state index >= 15 is 0 Å². The molecule has 0 radical (unpaired) electrons. The van der Waals surface area contributed by atoms with E-state index in [1.54, 1.807) is 12.3 Å². The van der Waals surface area contributed by atoms with Gasteiger partial charge < -0.3 is 5.32 Å². The molecule has 0 aliphatic carbocycles. The van der Waals surface area contributed by atoms with Gasteiger partial charge in [0.2, 0.25) is 0 Å². The molecule has 3 nitrogen and oxygen atoms in total. The number of hydrogen-bond acceptors (Lipinski definition) is 2. The summed E-state index contributed by atoms with van der Waals surface area (Å²) < 4.78 is 13.8. The van der Waals surface area contributed by atoms with Crippen LogP contribution in [0, 0.1) is 5.82 Å². The number of halogens is 2. The highest BCUT2D eigenvalue weighted by molar-refractivity contribution is 9.10. The van der Waals surface area contributed by atoms with Crippen LogP contribution < -0.4 is 5.32 Å². The number of rotatable bonds is 3. The summed E-state index contributed by atoms with van der Waals surface area (Å²) in [6.07, 6.45) is 1.79. The van der Waals surface area contributed by atoms with Crippen molar-refractivity contribution < 1.29 is 4.39 Å². The predicted octanol–water partition coefficient (Wildman–Crippen LogP) is 4.08. The van der Waals surface area contributed by atoms with Crippen LogP contribution in [0.3, 0.4) is 0 Å². The Morgan fingerprint density at radius 2 is 2.11 bits per heavy atom. The van der Waals surface area contributed by atoms with E-state index < -0.39 is 0 Å². The lowest BCUT2D eigenvalue weighted by molar-refractivity contribution is 0.626. The zero-order valence-electron chi connectivity index (χ0n) is 9.95. The zero-order chi connectivity index (χ0) is 13.2. The van der Waals surface area contributed by atoms with Crippen molar-refractivity contribution in [2.24, 2.45) is 0 Å². The van der Waals surface area contributed by atoms with Crippen LogP contribution in [-0.4, -0.2) is 10.2 Å². The molecule has 0 bridgehead atoms. The first-order valence-electron chi connectivity index (χ1n) is 5.83. The molecule has 5 heteroatoms. The largest absolute Gasteiger partial charge is 0.381 e. The Balaban J connectivity index is 1.77. The average Bonchev–Trinajstić information content (AvgIpc) is 2.85. The summed E-state index contributed by atoms with van der Waals surface area (Å²) in [4.78, 5) is 0. The van der Waals surface area contributed by atoms with E-state index in [2.05, 4.69) is 31.4 Å². The Kier molecular flexibility index (Phi) is 3.21. The summed E-state index contributed by atoms with van der Waals surface area (Å²) in [7, 11) is 0. The average molecular weight is 320 g/mol. The highest BCUT2D eigenvalue weighted by Crippen LogP contribution is 2.21. The first-order valence-corrected chi connectivity index (χ1v) is 6.62. The molecule has 3 rings (SSSR count). The van der Waals surface area contributed by atoms with E-state index in [1.807, 2.05) is 18.2 Å². The molecule has 0 aliphatic rings. The minimum atomic E-state index is -0.241. The highest BCUT2D eigenvalue weighted by Gasteiger charge is 2.02. The van der Waals surface area contributed by atoms with Gasteiger partial charge in [0.25, 0.3) is 0 Å². The number of hydrogen-bond donors (Lipinski definition) is 2. The minimum Gasteiger partial charge on any atom is -0.381 e. The molecule has 1 heterocycles. The molecule has 0 unspecified atom stereocenters. The Morgan fingerprint density at radius 1 is 1.21 bits per heavy atom. The van der Waals surface area contributed by atoms with Crippen LogP contribution in [0.4, 0.5) is 10.1 Å². The van der Waals surface area contributed by atoms with E-state index in [1.165, 1.54) is 12.1 Å². The fraction of sp³-hybridized carbons (Fsp3) is 0.0714. The van der Waals surface area contributed by atoms with E-state index in [9.17, 15) is 4.39 Å². The van der Waals surface area contributed by atoms with Crippen LogP contribution in [0.2, 0.25) is 0 Å². The van der Waals surface area contributed by atoms with E-state index in [0.29, 0.717) is 6.54 Å². The van der Waals surface area contributed by atoms with E-state index in [-0.39, 0.29) is 5.82 Å². The van der Waals surface area contributed by atoms with Crippen molar-refractivity contribution in [2.75, 3.05) is 5.32 Å². The Morgan fingerprint density at radius 3 is 2.95 bits per heavy atom. The van der Waals surface area contributed by atoms with Crippen LogP contribution in [0.1, 0.15) is 5.56 Å². The SMILES string of the molecule is Fc1ccc(CNc2ccc3cn[nH]c3c2)c(Br)c1. The predicted molar refractivity (Wildman–Crippen MR) is 77.5 cm³/mol. The molecule has 0 spiro atoms. The second kappa shape index (κ2) is 5.01. The molecule has 96 valence electrons. The number of H-pyrrole nitrogens is 1. The molecule has 0 amide bonds. The highest BCUT2D eigenvalue weighted by atomic mass is 79.9. The van der Waals surface area contributed by atoms with Crippen molar-refractivity contribution >= 4 is 32.5 Å². The Hall–Kier alpha value is -1.88. The molecule has 19 heavy (non-hydrogen) atoms. The van der Waals surface area contributed by atoms with Gasteiger partial charge in [0.1, 0.15) is 5.82 Å². The lowest BCUT2D eigenvalue weighted by Gasteiger charge is -2.08. The molecular formula is C14H11BrFN3. The number of anilines is 1. The van der Waals surface area contributed by atoms with Crippen molar-refractivity contribution in [1.82, 2.24) is 10.2 Å². The molecule has 3 aromatic rings. The number of aromatic amines is 1. The monoisotopic (exact) mass is 319 g/mol. The van der Waals surface area contributed by atoms with Gasteiger partial charge in [-0.3, -0.25) is 5.10 Å². The van der Waals surface area contributed by atoms with Gasteiger partial charge in [0, 0.05) is 22.1 Å². The molecule has 0 aliphatic heterocycles. The van der Waals surface area contributed by atoms with Crippen LogP contribution >= 0.6 is 15.9 Å². The maximum atomic E-state index is 13.0. The number of nitrogens with zero attached hydrogens (tertiary/aromatic N) is 1. The van der Waals surface area contributed by atoms with Gasteiger partial charge in [-0.25, -0.2) is 4.39 Å². The zero-order valence-corrected chi connectivity index (χ0v) is 11.5. The maximum Gasteiger partial charge on any atom is 0.124 e. The molecule has 2 N–H and O–H groups in total. The minimum absolute atomic E-state index is 0.241. The van der Waals surface area contributed by atoms with Crippen molar-refractivity contribution in [3.8, 4) is 0 Å². The molecule has 0 saturated carbocycles. The fourth-order valence-electron chi connectivity index (χ4n) is 1.91. The molecular weight excluding hydrogens is 309 g/mol. The normalized spacial score (nSPS) is 10.8. The topological polar surface area (TPSA) is 40.7 Å². The van der Waals surface area contributed by atoms with Gasteiger partial charge in [-0.05, 0) is 35.9 Å². The van der Waals surface area contributed by atoms with Crippen LogP contribution in [-0.2, 0) is 6.54 Å².